The van der Waals surface area contributed by atoms with E-state index in [1.54, 1.807) is 11.6 Å². The summed E-state index contributed by atoms with van der Waals surface area (Å²) in [5.41, 5.74) is 5.49. The van der Waals surface area contributed by atoms with Crippen molar-refractivity contribution < 1.29 is 9.53 Å². The lowest BCUT2D eigenvalue weighted by atomic mass is 9.99. The van der Waals surface area contributed by atoms with Crippen molar-refractivity contribution in [3.8, 4) is 0 Å². The number of pyridine rings is 1. The summed E-state index contributed by atoms with van der Waals surface area (Å²) < 4.78 is 8.95. The molecule has 0 amide bonds. The van der Waals surface area contributed by atoms with Crippen molar-refractivity contribution in [2.24, 2.45) is 14.1 Å². The standard InChI is InChI=1S/C23H25ClN6O2/c1-6-32-23(31)18-14(3)12-29(4)21(18)20(15-7-9-16(24)10-8-15)25-17-11-13(2)19-22(26-17)30(5)28-27-19/h7-12,20H,6H2,1-5H3,(H,25,26). The topological polar surface area (TPSA) is 86.9 Å². The molecule has 0 radical (unpaired) electrons. The molecule has 1 aromatic carbocycles. The van der Waals surface area contributed by atoms with Gasteiger partial charge in [0.05, 0.1) is 23.9 Å². The van der Waals surface area contributed by atoms with E-state index >= 15 is 0 Å². The van der Waals surface area contributed by atoms with Crippen LogP contribution in [-0.4, -0.2) is 37.1 Å². The minimum absolute atomic E-state index is 0.302. The van der Waals surface area contributed by atoms with Gasteiger partial charge in [0.15, 0.2) is 5.65 Å². The summed E-state index contributed by atoms with van der Waals surface area (Å²) in [5, 5.41) is 12.4. The molecule has 0 aliphatic carbocycles. The lowest BCUT2D eigenvalue weighted by Crippen LogP contribution is -2.20. The number of hydrogen-bond acceptors (Lipinski definition) is 6. The van der Waals surface area contributed by atoms with E-state index in [4.69, 9.17) is 21.3 Å². The second kappa shape index (κ2) is 8.63. The Morgan fingerprint density at radius 3 is 2.59 bits per heavy atom. The van der Waals surface area contributed by atoms with E-state index in [-0.39, 0.29) is 12.0 Å². The van der Waals surface area contributed by atoms with E-state index in [2.05, 4.69) is 15.6 Å². The van der Waals surface area contributed by atoms with Crippen molar-refractivity contribution in [1.29, 1.82) is 0 Å². The Bertz CT molecular complexity index is 1290. The number of benzene rings is 1. The molecule has 0 spiro atoms. The van der Waals surface area contributed by atoms with E-state index in [1.165, 1.54) is 0 Å². The van der Waals surface area contributed by atoms with E-state index < -0.39 is 0 Å². The molecule has 0 saturated heterocycles. The van der Waals surface area contributed by atoms with Gasteiger partial charge in [0, 0.05) is 25.3 Å². The number of nitrogens with zero attached hydrogens (tertiary/aromatic N) is 5. The predicted octanol–water partition coefficient (Wildman–Crippen LogP) is 4.35. The molecule has 0 aliphatic rings. The second-order valence-corrected chi connectivity index (χ2v) is 8.18. The molecule has 32 heavy (non-hydrogen) atoms. The number of ether oxygens (including phenoxy) is 1. The number of anilines is 1. The van der Waals surface area contributed by atoms with Crippen LogP contribution in [0.2, 0.25) is 5.02 Å². The van der Waals surface area contributed by atoms with Gasteiger partial charge in [-0.05, 0) is 55.7 Å². The van der Waals surface area contributed by atoms with Gasteiger partial charge in [-0.15, -0.1) is 5.10 Å². The van der Waals surface area contributed by atoms with Crippen LogP contribution in [0.15, 0.2) is 36.5 Å². The Labute approximate surface area is 191 Å². The molecular formula is C23H25ClN6O2. The van der Waals surface area contributed by atoms with Crippen LogP contribution in [-0.2, 0) is 18.8 Å². The van der Waals surface area contributed by atoms with Crippen LogP contribution in [0.3, 0.4) is 0 Å². The quantitative estimate of drug-likeness (QED) is 0.437. The van der Waals surface area contributed by atoms with Crippen LogP contribution >= 0.6 is 11.6 Å². The van der Waals surface area contributed by atoms with E-state index in [1.807, 2.05) is 69.0 Å². The fraction of sp³-hybridized carbons (Fsp3) is 0.304. The molecule has 4 rings (SSSR count). The molecule has 9 heteroatoms. The first-order valence-corrected chi connectivity index (χ1v) is 10.7. The number of nitrogens with one attached hydrogen (secondary N) is 1. The second-order valence-electron chi connectivity index (χ2n) is 7.74. The lowest BCUT2D eigenvalue weighted by Gasteiger charge is -2.23. The monoisotopic (exact) mass is 452 g/mol. The summed E-state index contributed by atoms with van der Waals surface area (Å²) in [4.78, 5) is 17.6. The van der Waals surface area contributed by atoms with Gasteiger partial charge < -0.3 is 14.6 Å². The zero-order valence-corrected chi connectivity index (χ0v) is 19.4. The number of rotatable bonds is 6. The summed E-state index contributed by atoms with van der Waals surface area (Å²) in [5.74, 6) is 0.297. The first-order valence-electron chi connectivity index (χ1n) is 10.3. The maximum atomic E-state index is 12.9. The largest absolute Gasteiger partial charge is 0.462 e. The molecule has 3 aromatic heterocycles. The molecule has 4 aromatic rings. The van der Waals surface area contributed by atoms with Gasteiger partial charge in [-0.1, -0.05) is 28.9 Å². The number of carbonyl (C=O) groups is 1. The van der Waals surface area contributed by atoms with E-state index in [0.717, 1.165) is 27.9 Å². The van der Waals surface area contributed by atoms with E-state index in [9.17, 15) is 4.79 Å². The highest BCUT2D eigenvalue weighted by Gasteiger charge is 2.28. The molecule has 166 valence electrons. The van der Waals surface area contributed by atoms with Crippen LogP contribution in [0.1, 0.15) is 45.7 Å². The highest BCUT2D eigenvalue weighted by Crippen LogP contribution is 2.33. The lowest BCUT2D eigenvalue weighted by molar-refractivity contribution is 0.0524. The van der Waals surface area contributed by atoms with Crippen molar-refractivity contribution in [2.75, 3.05) is 11.9 Å². The Kier molecular flexibility index (Phi) is 5.88. The molecule has 1 atom stereocenters. The SMILES string of the molecule is CCOC(=O)c1c(C)cn(C)c1C(Nc1cc(C)c2nnn(C)c2n1)c1ccc(Cl)cc1. The van der Waals surface area contributed by atoms with Gasteiger partial charge in [0.1, 0.15) is 11.3 Å². The molecular weight excluding hydrogens is 428 g/mol. The number of aromatic nitrogens is 5. The van der Waals surface area contributed by atoms with Crippen molar-refractivity contribution >= 4 is 34.6 Å². The van der Waals surface area contributed by atoms with Crippen molar-refractivity contribution in [3.05, 3.63) is 69.5 Å². The van der Waals surface area contributed by atoms with Gasteiger partial charge in [-0.2, -0.15) is 0 Å². The van der Waals surface area contributed by atoms with E-state index in [0.29, 0.717) is 28.7 Å². The van der Waals surface area contributed by atoms with Gasteiger partial charge in [0.2, 0.25) is 0 Å². The minimum atomic E-state index is -0.379. The van der Waals surface area contributed by atoms with Crippen LogP contribution in [0.4, 0.5) is 5.82 Å². The predicted molar refractivity (Wildman–Crippen MR) is 124 cm³/mol. The summed E-state index contributed by atoms with van der Waals surface area (Å²) in [6.07, 6.45) is 1.93. The fourth-order valence-electron chi connectivity index (χ4n) is 3.96. The molecule has 0 bridgehead atoms. The Balaban J connectivity index is 1.87. The molecule has 1 N–H and O–H groups in total. The molecule has 8 nitrogen and oxygen atoms in total. The summed E-state index contributed by atoms with van der Waals surface area (Å²) in [6, 6.07) is 9.09. The summed E-state index contributed by atoms with van der Waals surface area (Å²) in [6.45, 7) is 5.98. The zero-order valence-electron chi connectivity index (χ0n) is 18.7. The average Bonchev–Trinajstić information content (AvgIpc) is 3.26. The first-order chi connectivity index (χ1) is 15.3. The van der Waals surface area contributed by atoms with Gasteiger partial charge in [-0.25, -0.2) is 14.5 Å². The Hall–Kier alpha value is -3.39. The number of fused-ring (bicyclic) bond motifs is 1. The van der Waals surface area contributed by atoms with Crippen LogP contribution in [0.5, 0.6) is 0 Å². The number of esters is 1. The fourth-order valence-corrected chi connectivity index (χ4v) is 4.08. The first kappa shape index (κ1) is 21.8. The third-order valence-electron chi connectivity index (χ3n) is 5.42. The number of halogens is 1. The zero-order chi connectivity index (χ0) is 23.0. The van der Waals surface area contributed by atoms with Crippen molar-refractivity contribution in [1.82, 2.24) is 24.5 Å². The molecule has 0 saturated carbocycles. The van der Waals surface area contributed by atoms with Crippen LogP contribution in [0.25, 0.3) is 11.2 Å². The van der Waals surface area contributed by atoms with Gasteiger partial charge in [0.25, 0.3) is 0 Å². The Morgan fingerprint density at radius 2 is 1.91 bits per heavy atom. The van der Waals surface area contributed by atoms with Crippen LogP contribution in [0, 0.1) is 13.8 Å². The normalized spacial score (nSPS) is 12.2. The van der Waals surface area contributed by atoms with Crippen LogP contribution < -0.4 is 5.32 Å². The average molecular weight is 453 g/mol. The maximum absolute atomic E-state index is 12.9. The molecule has 1 unspecified atom stereocenters. The number of hydrogen-bond donors (Lipinski definition) is 1. The number of aryl methyl sites for hydroxylation is 4. The summed E-state index contributed by atoms with van der Waals surface area (Å²) in [7, 11) is 3.73. The highest BCUT2D eigenvalue weighted by molar-refractivity contribution is 6.30. The smallest absolute Gasteiger partial charge is 0.340 e. The minimum Gasteiger partial charge on any atom is -0.462 e. The van der Waals surface area contributed by atoms with Crippen molar-refractivity contribution in [3.63, 3.8) is 0 Å². The summed E-state index contributed by atoms with van der Waals surface area (Å²) >= 11 is 6.14. The van der Waals surface area contributed by atoms with Gasteiger partial charge >= 0.3 is 5.97 Å². The third-order valence-corrected chi connectivity index (χ3v) is 5.67. The third kappa shape index (κ3) is 3.93. The number of carbonyl (C=O) groups excluding carboxylic acids is 1. The molecule has 3 heterocycles. The Morgan fingerprint density at radius 1 is 1.19 bits per heavy atom. The maximum Gasteiger partial charge on any atom is 0.340 e. The van der Waals surface area contributed by atoms with Gasteiger partial charge in [-0.3, -0.25) is 0 Å². The molecule has 0 fully saturated rings. The highest BCUT2D eigenvalue weighted by atomic mass is 35.5. The van der Waals surface area contributed by atoms with Crippen molar-refractivity contribution in [2.45, 2.75) is 26.8 Å². The molecule has 0 aliphatic heterocycles.